The molecule has 0 aliphatic rings. The highest BCUT2D eigenvalue weighted by atomic mass is 35.5. The Morgan fingerprint density at radius 3 is 2.54 bits per heavy atom. The normalized spacial score (nSPS) is 10.8. The molecule has 0 aromatic carbocycles. The van der Waals surface area contributed by atoms with E-state index in [-0.39, 0.29) is 0 Å². The van der Waals surface area contributed by atoms with Crippen LogP contribution in [0.5, 0.6) is 0 Å². The van der Waals surface area contributed by atoms with E-state index in [9.17, 15) is 0 Å². The fourth-order valence-corrected chi connectivity index (χ4v) is 1.42. The second-order valence-electron chi connectivity index (χ2n) is 3.65. The Labute approximate surface area is 86.5 Å². The number of hydrogen-bond donors (Lipinski definition) is 0. The lowest BCUT2D eigenvalue weighted by molar-refractivity contribution is 0.250. The van der Waals surface area contributed by atoms with Gasteiger partial charge in [-0.25, -0.2) is 0 Å². The molecule has 0 bridgehead atoms. The van der Waals surface area contributed by atoms with Gasteiger partial charge in [-0.1, -0.05) is 13.8 Å². The second kappa shape index (κ2) is 8.34. The van der Waals surface area contributed by atoms with Crippen LogP contribution in [0.15, 0.2) is 0 Å². The van der Waals surface area contributed by atoms with E-state index in [4.69, 9.17) is 16.9 Å². The minimum absolute atomic E-state index is 0.620. The van der Waals surface area contributed by atoms with Crippen molar-refractivity contribution in [1.82, 2.24) is 4.90 Å². The maximum atomic E-state index is 8.47. The van der Waals surface area contributed by atoms with E-state index in [1.54, 1.807) is 0 Å². The van der Waals surface area contributed by atoms with Crippen molar-refractivity contribution in [2.24, 2.45) is 5.92 Å². The third-order valence-corrected chi connectivity index (χ3v) is 2.04. The van der Waals surface area contributed by atoms with Gasteiger partial charge in [0.2, 0.25) is 0 Å². The molecule has 2 nitrogen and oxygen atoms in total. The first-order valence-corrected chi connectivity index (χ1v) is 5.39. The van der Waals surface area contributed by atoms with Crippen LogP contribution in [0, 0.1) is 17.2 Å². The summed E-state index contributed by atoms with van der Waals surface area (Å²) in [5, 5.41) is 8.47. The minimum atomic E-state index is 0.620. The maximum Gasteiger partial charge on any atom is 0.0635 e. The highest BCUT2D eigenvalue weighted by Crippen LogP contribution is 2.01. The van der Waals surface area contributed by atoms with Crippen LogP contribution in [0.2, 0.25) is 0 Å². The molecule has 0 N–H and O–H groups in total. The number of nitrogens with zero attached hydrogens (tertiary/aromatic N) is 2. The average molecular weight is 203 g/mol. The third-order valence-electron chi connectivity index (χ3n) is 1.77. The Morgan fingerprint density at radius 2 is 2.08 bits per heavy atom. The van der Waals surface area contributed by atoms with E-state index in [1.807, 2.05) is 0 Å². The molecule has 0 aromatic rings. The zero-order valence-corrected chi connectivity index (χ0v) is 9.35. The Bertz CT molecular complexity index is 151. The number of rotatable bonds is 7. The summed E-state index contributed by atoms with van der Waals surface area (Å²) in [6, 6.07) is 2.17. The molecule has 0 aliphatic heterocycles. The molecule has 0 aliphatic carbocycles. The van der Waals surface area contributed by atoms with Crippen molar-refractivity contribution in [2.75, 3.05) is 25.5 Å². The first-order chi connectivity index (χ1) is 6.20. The standard InChI is InChI=1S/C10H19ClN2/c1-10(2)9-13(7-3-5-11)8-4-6-12/h10H,3-5,7-9H2,1-2H3. The quantitative estimate of drug-likeness (QED) is 0.594. The topological polar surface area (TPSA) is 27.0 Å². The monoisotopic (exact) mass is 202 g/mol. The zero-order valence-electron chi connectivity index (χ0n) is 8.59. The third kappa shape index (κ3) is 8.08. The van der Waals surface area contributed by atoms with Gasteiger partial charge in [-0.2, -0.15) is 5.26 Å². The van der Waals surface area contributed by atoms with Gasteiger partial charge in [-0.05, 0) is 18.9 Å². The van der Waals surface area contributed by atoms with Gasteiger partial charge in [-0.3, -0.25) is 0 Å². The molecule has 76 valence electrons. The summed E-state index contributed by atoms with van der Waals surface area (Å²) >= 11 is 5.62. The predicted octanol–water partition coefficient (Wildman–Crippen LogP) is 2.49. The molecule has 0 saturated carbocycles. The SMILES string of the molecule is CC(C)CN(CCC#N)CCCCl. The molecule has 0 radical (unpaired) electrons. The van der Waals surface area contributed by atoms with E-state index in [2.05, 4.69) is 24.8 Å². The van der Waals surface area contributed by atoms with Crippen LogP contribution in [0.4, 0.5) is 0 Å². The molecule has 0 heterocycles. The predicted molar refractivity (Wildman–Crippen MR) is 56.8 cm³/mol. The van der Waals surface area contributed by atoms with E-state index >= 15 is 0 Å². The lowest BCUT2D eigenvalue weighted by Crippen LogP contribution is -2.30. The molecule has 0 fully saturated rings. The molecule has 0 atom stereocenters. The highest BCUT2D eigenvalue weighted by molar-refractivity contribution is 6.17. The second-order valence-corrected chi connectivity index (χ2v) is 4.02. The molecule has 0 aromatic heterocycles. The summed E-state index contributed by atoms with van der Waals surface area (Å²) in [6.07, 6.45) is 1.63. The first-order valence-electron chi connectivity index (χ1n) is 4.86. The van der Waals surface area contributed by atoms with Gasteiger partial charge in [0.1, 0.15) is 0 Å². The van der Waals surface area contributed by atoms with Crippen molar-refractivity contribution >= 4 is 11.6 Å². The number of nitriles is 1. The van der Waals surface area contributed by atoms with E-state index in [0.29, 0.717) is 18.2 Å². The van der Waals surface area contributed by atoms with E-state index in [1.165, 1.54) is 0 Å². The fourth-order valence-electron chi connectivity index (χ4n) is 1.30. The van der Waals surface area contributed by atoms with Crippen LogP contribution in [0.25, 0.3) is 0 Å². The Kier molecular flexibility index (Phi) is 8.18. The molecule has 13 heavy (non-hydrogen) atoms. The Hall–Kier alpha value is -0.260. The summed E-state index contributed by atoms with van der Waals surface area (Å²) in [5.74, 6) is 1.37. The Morgan fingerprint density at radius 1 is 1.38 bits per heavy atom. The van der Waals surface area contributed by atoms with Crippen LogP contribution in [-0.2, 0) is 0 Å². The summed E-state index contributed by atoms with van der Waals surface area (Å²) in [6.45, 7) is 7.35. The van der Waals surface area contributed by atoms with Crippen molar-refractivity contribution in [3.05, 3.63) is 0 Å². The summed E-state index contributed by atoms with van der Waals surface area (Å²) in [5.41, 5.74) is 0. The van der Waals surface area contributed by atoms with Crippen LogP contribution in [0.3, 0.4) is 0 Å². The average Bonchev–Trinajstić information content (AvgIpc) is 2.09. The number of hydrogen-bond acceptors (Lipinski definition) is 2. The molecule has 0 unspecified atom stereocenters. The molecule has 3 heteroatoms. The minimum Gasteiger partial charge on any atom is -0.302 e. The smallest absolute Gasteiger partial charge is 0.0635 e. The molecular weight excluding hydrogens is 184 g/mol. The summed E-state index contributed by atoms with van der Waals surface area (Å²) in [7, 11) is 0. The van der Waals surface area contributed by atoms with Gasteiger partial charge in [0.25, 0.3) is 0 Å². The van der Waals surface area contributed by atoms with E-state index < -0.39 is 0 Å². The lowest BCUT2D eigenvalue weighted by atomic mass is 10.2. The van der Waals surface area contributed by atoms with Gasteiger partial charge in [-0.15, -0.1) is 11.6 Å². The van der Waals surface area contributed by atoms with Gasteiger partial charge < -0.3 is 4.90 Å². The van der Waals surface area contributed by atoms with Crippen LogP contribution >= 0.6 is 11.6 Å². The zero-order chi connectivity index (χ0) is 10.1. The van der Waals surface area contributed by atoms with Gasteiger partial charge >= 0.3 is 0 Å². The maximum absolute atomic E-state index is 8.47. The van der Waals surface area contributed by atoms with Crippen molar-refractivity contribution in [1.29, 1.82) is 5.26 Å². The molecule has 0 spiro atoms. The summed E-state index contributed by atoms with van der Waals surface area (Å²) in [4.78, 5) is 2.32. The largest absolute Gasteiger partial charge is 0.302 e. The lowest BCUT2D eigenvalue weighted by Gasteiger charge is -2.22. The van der Waals surface area contributed by atoms with Crippen molar-refractivity contribution < 1.29 is 0 Å². The molecule has 0 saturated heterocycles. The first kappa shape index (κ1) is 12.7. The van der Waals surface area contributed by atoms with Crippen LogP contribution < -0.4 is 0 Å². The van der Waals surface area contributed by atoms with Gasteiger partial charge in [0.05, 0.1) is 6.07 Å². The summed E-state index contributed by atoms with van der Waals surface area (Å²) < 4.78 is 0. The molecular formula is C10H19ClN2. The van der Waals surface area contributed by atoms with Crippen LogP contribution in [0.1, 0.15) is 26.7 Å². The number of alkyl halides is 1. The number of halogens is 1. The van der Waals surface area contributed by atoms with Gasteiger partial charge in [0.15, 0.2) is 0 Å². The molecule has 0 rings (SSSR count). The van der Waals surface area contributed by atoms with Crippen molar-refractivity contribution in [2.45, 2.75) is 26.7 Å². The van der Waals surface area contributed by atoms with Gasteiger partial charge in [0, 0.05) is 25.4 Å². The van der Waals surface area contributed by atoms with Crippen molar-refractivity contribution in [3.8, 4) is 6.07 Å². The van der Waals surface area contributed by atoms with Crippen LogP contribution in [-0.4, -0.2) is 30.4 Å². The Balaban J connectivity index is 3.67. The fraction of sp³-hybridized carbons (Fsp3) is 0.900. The van der Waals surface area contributed by atoms with E-state index in [0.717, 1.165) is 26.1 Å². The van der Waals surface area contributed by atoms with Crippen molar-refractivity contribution in [3.63, 3.8) is 0 Å². The molecule has 0 amide bonds. The highest BCUT2D eigenvalue weighted by Gasteiger charge is 2.05.